The summed E-state index contributed by atoms with van der Waals surface area (Å²) in [6.45, 7) is 0.149. The van der Waals surface area contributed by atoms with Gasteiger partial charge in [0.15, 0.2) is 5.65 Å². The number of aromatic nitrogens is 5. The number of rotatable bonds is 4. The van der Waals surface area contributed by atoms with Crippen molar-refractivity contribution in [1.29, 1.82) is 0 Å². The summed E-state index contributed by atoms with van der Waals surface area (Å²) in [5.74, 6) is 0.453. The topological polar surface area (TPSA) is 86.2 Å². The fourth-order valence-electron chi connectivity index (χ4n) is 2.79. The number of benzene rings is 1. The molecule has 0 atom stereocenters. The molecule has 0 saturated heterocycles. The average molecular weight is 336 g/mol. The Labute approximate surface area is 142 Å². The van der Waals surface area contributed by atoms with Gasteiger partial charge in [-0.15, -0.1) is 5.10 Å². The Balaban J connectivity index is 1.49. The highest BCUT2D eigenvalue weighted by Crippen LogP contribution is 2.13. The van der Waals surface area contributed by atoms with Crippen LogP contribution in [0.15, 0.2) is 53.5 Å². The molecule has 0 aliphatic rings. The van der Waals surface area contributed by atoms with Crippen LogP contribution in [-0.4, -0.2) is 29.6 Å². The minimum atomic E-state index is -0.339. The predicted molar refractivity (Wildman–Crippen MR) is 92.0 cm³/mol. The first-order chi connectivity index (χ1) is 12.1. The maximum Gasteiger partial charge on any atom is 0.350 e. The van der Waals surface area contributed by atoms with Crippen LogP contribution in [0.2, 0.25) is 0 Å². The van der Waals surface area contributed by atoms with Crippen LogP contribution in [0.4, 0.5) is 0 Å². The Kier molecular flexibility index (Phi) is 3.57. The molecule has 1 N–H and O–H groups in total. The van der Waals surface area contributed by atoms with Gasteiger partial charge in [-0.25, -0.2) is 14.5 Å². The quantitative estimate of drug-likeness (QED) is 0.594. The highest BCUT2D eigenvalue weighted by molar-refractivity contribution is 5.77. The molecule has 0 fully saturated rings. The highest BCUT2D eigenvalue weighted by Gasteiger charge is 2.12. The lowest BCUT2D eigenvalue weighted by Gasteiger charge is -2.05. The van der Waals surface area contributed by atoms with Crippen LogP contribution in [0.5, 0.6) is 0 Å². The number of aryl methyl sites for hydroxylation is 1. The van der Waals surface area contributed by atoms with Crippen molar-refractivity contribution in [3.05, 3.63) is 65.0 Å². The number of hydrogen-bond acceptors (Lipinski definition) is 4. The lowest BCUT2D eigenvalue weighted by molar-refractivity contribution is -0.122. The smallest absolute Gasteiger partial charge is 0.347 e. The third-order valence-corrected chi connectivity index (χ3v) is 4.11. The largest absolute Gasteiger partial charge is 0.350 e. The molecule has 4 rings (SSSR count). The molecule has 25 heavy (non-hydrogen) atoms. The van der Waals surface area contributed by atoms with Gasteiger partial charge in [0.1, 0.15) is 12.4 Å². The van der Waals surface area contributed by atoms with E-state index in [1.165, 1.54) is 4.40 Å². The third-order valence-electron chi connectivity index (χ3n) is 4.11. The Hall–Kier alpha value is -3.42. The lowest BCUT2D eigenvalue weighted by Crippen LogP contribution is -2.32. The lowest BCUT2D eigenvalue weighted by atomic mass is 10.3. The molecule has 126 valence electrons. The zero-order chi connectivity index (χ0) is 17.4. The van der Waals surface area contributed by atoms with Crippen LogP contribution < -0.4 is 11.0 Å². The van der Waals surface area contributed by atoms with Gasteiger partial charge >= 0.3 is 5.69 Å². The van der Waals surface area contributed by atoms with Crippen LogP contribution in [0.25, 0.3) is 16.7 Å². The molecule has 4 aromatic rings. The van der Waals surface area contributed by atoms with Crippen molar-refractivity contribution in [3.63, 3.8) is 0 Å². The standard InChI is InChI=1S/C17H16N6O2/c1-21-13-7-3-2-6-12(13)19-15(21)10-18-16(24)11-23-17(25)22-9-5-4-8-14(22)20-23/h2-9H,10-11H2,1H3,(H,18,24). The molecule has 3 heterocycles. The zero-order valence-corrected chi connectivity index (χ0v) is 13.6. The Morgan fingerprint density at radius 1 is 1.16 bits per heavy atom. The van der Waals surface area contributed by atoms with E-state index in [4.69, 9.17) is 0 Å². The molecule has 0 radical (unpaired) electrons. The van der Waals surface area contributed by atoms with E-state index in [0.29, 0.717) is 5.65 Å². The van der Waals surface area contributed by atoms with E-state index in [1.807, 2.05) is 35.9 Å². The molecule has 8 nitrogen and oxygen atoms in total. The number of imidazole rings is 1. The highest BCUT2D eigenvalue weighted by atomic mass is 16.2. The van der Waals surface area contributed by atoms with Gasteiger partial charge in [-0.2, -0.15) is 0 Å². The molecule has 1 amide bonds. The van der Waals surface area contributed by atoms with Crippen LogP contribution in [-0.2, 0) is 24.9 Å². The minimum Gasteiger partial charge on any atom is -0.347 e. The van der Waals surface area contributed by atoms with Gasteiger partial charge in [0.25, 0.3) is 0 Å². The van der Waals surface area contributed by atoms with Crippen molar-refractivity contribution in [2.75, 3.05) is 0 Å². The van der Waals surface area contributed by atoms with Crippen molar-refractivity contribution < 1.29 is 4.79 Å². The first-order valence-electron chi connectivity index (χ1n) is 7.85. The van der Waals surface area contributed by atoms with Crippen molar-refractivity contribution >= 4 is 22.6 Å². The summed E-state index contributed by atoms with van der Waals surface area (Å²) in [6, 6.07) is 13.0. The van der Waals surface area contributed by atoms with E-state index in [-0.39, 0.29) is 24.7 Å². The summed E-state index contributed by atoms with van der Waals surface area (Å²) in [6.07, 6.45) is 1.62. The van der Waals surface area contributed by atoms with E-state index in [0.717, 1.165) is 21.5 Å². The number of carbonyl (C=O) groups is 1. The number of pyridine rings is 1. The maximum absolute atomic E-state index is 12.2. The third kappa shape index (κ3) is 2.67. The molecular weight excluding hydrogens is 320 g/mol. The first-order valence-corrected chi connectivity index (χ1v) is 7.85. The molecule has 0 saturated carbocycles. The van der Waals surface area contributed by atoms with Crippen molar-refractivity contribution in [2.45, 2.75) is 13.1 Å². The number of fused-ring (bicyclic) bond motifs is 2. The summed E-state index contributed by atoms with van der Waals surface area (Å²) in [5.41, 5.74) is 2.05. The number of carbonyl (C=O) groups excluding carboxylic acids is 1. The SMILES string of the molecule is Cn1c(CNC(=O)Cn2nc3ccccn3c2=O)nc2ccccc21. The monoisotopic (exact) mass is 336 g/mol. The zero-order valence-electron chi connectivity index (χ0n) is 13.6. The van der Waals surface area contributed by atoms with E-state index < -0.39 is 0 Å². The van der Waals surface area contributed by atoms with Crippen LogP contribution in [0.3, 0.4) is 0 Å². The molecule has 0 aliphatic carbocycles. The van der Waals surface area contributed by atoms with E-state index in [2.05, 4.69) is 15.4 Å². The molecule has 3 aromatic heterocycles. The number of amides is 1. The van der Waals surface area contributed by atoms with Gasteiger partial charge in [0.2, 0.25) is 5.91 Å². The van der Waals surface area contributed by atoms with Gasteiger partial charge in [0.05, 0.1) is 17.6 Å². The molecule has 0 spiro atoms. The van der Waals surface area contributed by atoms with Gasteiger partial charge in [0, 0.05) is 13.2 Å². The normalized spacial score (nSPS) is 11.2. The minimum absolute atomic E-state index is 0.134. The fraction of sp³-hybridized carbons (Fsp3) is 0.176. The molecule has 1 aromatic carbocycles. The van der Waals surface area contributed by atoms with Crippen molar-refractivity contribution in [2.24, 2.45) is 7.05 Å². The van der Waals surface area contributed by atoms with E-state index in [1.54, 1.807) is 24.4 Å². The summed E-state index contributed by atoms with van der Waals surface area (Å²) < 4.78 is 4.49. The molecule has 0 bridgehead atoms. The molecule has 0 unspecified atom stereocenters. The Bertz CT molecular complexity index is 1140. The van der Waals surface area contributed by atoms with Crippen LogP contribution in [0, 0.1) is 0 Å². The fourth-order valence-corrected chi connectivity index (χ4v) is 2.79. The number of nitrogens with zero attached hydrogens (tertiary/aromatic N) is 5. The van der Waals surface area contributed by atoms with Crippen molar-refractivity contribution in [3.8, 4) is 0 Å². The Morgan fingerprint density at radius 3 is 2.76 bits per heavy atom. The summed E-state index contributed by atoms with van der Waals surface area (Å²) in [5, 5.41) is 6.93. The van der Waals surface area contributed by atoms with Crippen LogP contribution in [0.1, 0.15) is 5.82 Å². The Morgan fingerprint density at radius 2 is 1.96 bits per heavy atom. The predicted octanol–water partition coefficient (Wildman–Crippen LogP) is 0.699. The second-order valence-corrected chi connectivity index (χ2v) is 5.72. The second-order valence-electron chi connectivity index (χ2n) is 5.72. The van der Waals surface area contributed by atoms with E-state index in [9.17, 15) is 9.59 Å². The maximum atomic E-state index is 12.2. The molecule has 8 heteroatoms. The number of hydrogen-bond donors (Lipinski definition) is 1. The van der Waals surface area contributed by atoms with Gasteiger partial charge in [-0.3, -0.25) is 9.20 Å². The first kappa shape index (κ1) is 15.1. The number of nitrogens with one attached hydrogen (secondary N) is 1. The second kappa shape index (κ2) is 5.90. The van der Waals surface area contributed by atoms with Gasteiger partial charge < -0.3 is 9.88 Å². The summed E-state index contributed by atoms with van der Waals surface area (Å²) in [7, 11) is 1.91. The van der Waals surface area contributed by atoms with E-state index >= 15 is 0 Å². The molecule has 0 aliphatic heterocycles. The van der Waals surface area contributed by atoms with Gasteiger partial charge in [-0.1, -0.05) is 18.2 Å². The van der Waals surface area contributed by atoms with Crippen LogP contribution >= 0.6 is 0 Å². The van der Waals surface area contributed by atoms with Crippen molar-refractivity contribution in [1.82, 2.24) is 29.0 Å². The number of para-hydroxylation sites is 2. The molecular formula is C17H16N6O2. The average Bonchev–Trinajstić information content (AvgIpc) is 3.11. The summed E-state index contributed by atoms with van der Waals surface area (Å²) in [4.78, 5) is 28.9. The summed E-state index contributed by atoms with van der Waals surface area (Å²) >= 11 is 0. The van der Waals surface area contributed by atoms with Gasteiger partial charge in [-0.05, 0) is 24.3 Å².